The van der Waals surface area contributed by atoms with E-state index < -0.39 is 0 Å². The van der Waals surface area contributed by atoms with Crippen LogP contribution in [0.25, 0.3) is 0 Å². The third-order valence-electron chi connectivity index (χ3n) is 5.20. The van der Waals surface area contributed by atoms with Crippen molar-refractivity contribution in [2.24, 2.45) is 11.8 Å². The van der Waals surface area contributed by atoms with Gasteiger partial charge >= 0.3 is 0 Å². The van der Waals surface area contributed by atoms with E-state index >= 15 is 0 Å². The molecule has 2 rings (SSSR count). The molecule has 0 bridgehead atoms. The van der Waals surface area contributed by atoms with Gasteiger partial charge in [0, 0.05) is 62.9 Å². The van der Waals surface area contributed by atoms with Crippen molar-refractivity contribution in [1.29, 1.82) is 0 Å². The van der Waals surface area contributed by atoms with Crippen molar-refractivity contribution < 1.29 is 9.59 Å². The summed E-state index contributed by atoms with van der Waals surface area (Å²) in [5.41, 5.74) is 0. The lowest BCUT2D eigenvalue weighted by Gasteiger charge is -2.36. The molecule has 2 aliphatic heterocycles. The number of Topliss-reactive ketones (excluding diaryl/α,β-unsaturated/α-hetero) is 2. The highest BCUT2D eigenvalue weighted by atomic mass is 16.1. The lowest BCUT2D eigenvalue weighted by Crippen LogP contribution is -2.46. The van der Waals surface area contributed by atoms with E-state index in [0.717, 1.165) is 26.2 Å². The van der Waals surface area contributed by atoms with Gasteiger partial charge in [0.15, 0.2) is 0 Å². The number of ketones is 2. The molecule has 0 aliphatic carbocycles. The van der Waals surface area contributed by atoms with Crippen LogP contribution in [0.3, 0.4) is 0 Å². The van der Waals surface area contributed by atoms with Gasteiger partial charge in [-0.15, -0.1) is 0 Å². The fraction of sp³-hybridized carbons (Fsp3) is 0.778. The molecule has 22 heavy (non-hydrogen) atoms. The molecule has 4 atom stereocenters. The van der Waals surface area contributed by atoms with Crippen LogP contribution < -0.4 is 0 Å². The third kappa shape index (κ3) is 4.26. The molecular weight excluding hydrogens is 276 g/mol. The normalized spacial score (nSPS) is 35.5. The summed E-state index contributed by atoms with van der Waals surface area (Å²) in [7, 11) is 0. The van der Waals surface area contributed by atoms with E-state index in [1.54, 1.807) is 0 Å². The molecule has 4 nitrogen and oxygen atoms in total. The van der Waals surface area contributed by atoms with Crippen molar-refractivity contribution in [1.82, 2.24) is 9.80 Å². The summed E-state index contributed by atoms with van der Waals surface area (Å²) >= 11 is 0. The largest absolute Gasteiger partial charge is 0.299 e. The Kier molecular flexibility index (Phi) is 5.93. The van der Waals surface area contributed by atoms with E-state index in [9.17, 15) is 9.59 Å². The zero-order valence-corrected chi connectivity index (χ0v) is 14.4. The summed E-state index contributed by atoms with van der Waals surface area (Å²) in [4.78, 5) is 28.2. The van der Waals surface area contributed by atoms with Crippen LogP contribution in [-0.4, -0.2) is 59.6 Å². The smallest absolute Gasteiger partial charge is 0.138 e. The van der Waals surface area contributed by atoms with Crippen LogP contribution in [-0.2, 0) is 9.59 Å². The number of hydrogen-bond acceptors (Lipinski definition) is 4. The van der Waals surface area contributed by atoms with Crippen molar-refractivity contribution in [3.63, 3.8) is 0 Å². The van der Waals surface area contributed by atoms with Crippen LogP contribution in [0.1, 0.15) is 40.5 Å². The van der Waals surface area contributed by atoms with Crippen LogP contribution in [0, 0.1) is 11.8 Å². The second kappa shape index (κ2) is 7.51. The number of carbonyl (C=O) groups is 2. The van der Waals surface area contributed by atoms with E-state index in [0.29, 0.717) is 36.5 Å². The zero-order chi connectivity index (χ0) is 16.3. The maximum absolute atomic E-state index is 11.7. The average molecular weight is 306 g/mol. The maximum atomic E-state index is 11.7. The number of hydrogen-bond donors (Lipinski definition) is 0. The lowest BCUT2D eigenvalue weighted by molar-refractivity contribution is -0.127. The predicted octanol–water partition coefficient (Wildman–Crippen LogP) is 2.14. The summed E-state index contributed by atoms with van der Waals surface area (Å²) in [6.07, 6.45) is 5.79. The fourth-order valence-electron chi connectivity index (χ4n) is 3.44. The lowest BCUT2D eigenvalue weighted by atomic mass is 9.93. The van der Waals surface area contributed by atoms with E-state index in [1.165, 1.54) is 0 Å². The van der Waals surface area contributed by atoms with Gasteiger partial charge in [-0.2, -0.15) is 0 Å². The van der Waals surface area contributed by atoms with Gasteiger partial charge in [0.05, 0.1) is 0 Å². The molecule has 0 aromatic carbocycles. The van der Waals surface area contributed by atoms with Crippen LogP contribution in [0.15, 0.2) is 12.2 Å². The Labute approximate surface area is 134 Å². The Morgan fingerprint density at radius 2 is 1.18 bits per heavy atom. The van der Waals surface area contributed by atoms with Crippen LogP contribution in [0.5, 0.6) is 0 Å². The van der Waals surface area contributed by atoms with Gasteiger partial charge in [-0.3, -0.25) is 19.4 Å². The van der Waals surface area contributed by atoms with Gasteiger partial charge in [0.1, 0.15) is 11.6 Å². The molecule has 2 aliphatic rings. The third-order valence-corrected chi connectivity index (χ3v) is 5.20. The minimum absolute atomic E-state index is 0.165. The first-order valence-electron chi connectivity index (χ1n) is 8.57. The summed E-state index contributed by atoms with van der Waals surface area (Å²) in [5.74, 6) is 1.12. The minimum Gasteiger partial charge on any atom is -0.299 e. The molecule has 124 valence electrons. The molecule has 2 fully saturated rings. The van der Waals surface area contributed by atoms with Crippen LogP contribution in [0.4, 0.5) is 0 Å². The van der Waals surface area contributed by atoms with Crippen molar-refractivity contribution in [3.8, 4) is 0 Å². The topological polar surface area (TPSA) is 40.6 Å². The maximum Gasteiger partial charge on any atom is 0.138 e. The highest BCUT2D eigenvalue weighted by Crippen LogP contribution is 2.19. The summed E-state index contributed by atoms with van der Waals surface area (Å²) in [6.45, 7) is 11.9. The molecule has 2 heterocycles. The van der Waals surface area contributed by atoms with Gasteiger partial charge in [0.25, 0.3) is 0 Å². The van der Waals surface area contributed by atoms with Gasteiger partial charge in [-0.05, 0) is 13.8 Å². The molecule has 0 spiro atoms. The molecule has 0 saturated carbocycles. The summed E-state index contributed by atoms with van der Waals surface area (Å²) < 4.78 is 0. The highest BCUT2D eigenvalue weighted by Gasteiger charge is 2.29. The Balaban J connectivity index is 1.78. The van der Waals surface area contributed by atoms with E-state index in [2.05, 4.69) is 35.8 Å². The predicted molar refractivity (Wildman–Crippen MR) is 88.8 cm³/mol. The fourth-order valence-corrected chi connectivity index (χ4v) is 3.44. The molecule has 4 heteroatoms. The molecular formula is C18H30N2O2. The first kappa shape index (κ1) is 17.4. The molecule has 0 unspecified atom stereocenters. The van der Waals surface area contributed by atoms with Crippen molar-refractivity contribution in [3.05, 3.63) is 12.2 Å². The first-order chi connectivity index (χ1) is 10.4. The van der Waals surface area contributed by atoms with E-state index in [-0.39, 0.29) is 11.8 Å². The van der Waals surface area contributed by atoms with Gasteiger partial charge in [-0.1, -0.05) is 26.0 Å². The standard InChI is InChI=1S/C18H30N2O2/c1-13-11-19(15(3)9-17(13)21)7-5-6-8-20-12-14(2)18(22)10-16(20)4/h5-6,13-16H,7-12H2,1-4H3/b6-5+/t13-,14+,15-,16-/m1/s1. The first-order valence-corrected chi connectivity index (χ1v) is 8.57. The van der Waals surface area contributed by atoms with Crippen molar-refractivity contribution in [2.45, 2.75) is 52.6 Å². The van der Waals surface area contributed by atoms with Gasteiger partial charge in [0.2, 0.25) is 0 Å². The van der Waals surface area contributed by atoms with E-state index in [4.69, 9.17) is 0 Å². The average Bonchev–Trinajstić information content (AvgIpc) is 2.45. The van der Waals surface area contributed by atoms with E-state index in [1.807, 2.05) is 13.8 Å². The SMILES string of the molecule is C[C@@H]1CN(C/C=C/CN2C[C@H](C)C(=O)C[C@H]2C)[C@H](C)CC1=O. The second-order valence-corrected chi connectivity index (χ2v) is 7.22. The Morgan fingerprint density at radius 3 is 1.55 bits per heavy atom. The minimum atomic E-state index is 0.165. The monoisotopic (exact) mass is 306 g/mol. The number of likely N-dealkylation sites (tertiary alicyclic amines) is 2. The highest BCUT2D eigenvalue weighted by molar-refractivity contribution is 5.82. The quantitative estimate of drug-likeness (QED) is 0.746. The summed E-state index contributed by atoms with van der Waals surface area (Å²) in [6, 6.07) is 0.694. The Morgan fingerprint density at radius 1 is 0.818 bits per heavy atom. The molecule has 2 saturated heterocycles. The Bertz CT molecular complexity index is 406. The number of rotatable bonds is 4. The van der Waals surface area contributed by atoms with Crippen LogP contribution >= 0.6 is 0 Å². The molecule has 0 radical (unpaired) electrons. The molecule has 0 N–H and O–H groups in total. The van der Waals surface area contributed by atoms with Gasteiger partial charge < -0.3 is 0 Å². The second-order valence-electron chi connectivity index (χ2n) is 7.22. The van der Waals surface area contributed by atoms with Crippen LogP contribution in [0.2, 0.25) is 0 Å². The number of nitrogens with zero attached hydrogens (tertiary/aromatic N) is 2. The summed E-state index contributed by atoms with van der Waals surface area (Å²) in [5, 5.41) is 0. The number of piperidine rings is 2. The molecule has 0 aromatic rings. The van der Waals surface area contributed by atoms with Crippen molar-refractivity contribution >= 4 is 11.6 Å². The Hall–Kier alpha value is -1.00. The molecule has 0 aromatic heterocycles. The number of carbonyl (C=O) groups excluding carboxylic acids is 2. The zero-order valence-electron chi connectivity index (χ0n) is 14.4. The van der Waals surface area contributed by atoms with Crippen molar-refractivity contribution in [2.75, 3.05) is 26.2 Å². The van der Waals surface area contributed by atoms with Gasteiger partial charge in [-0.25, -0.2) is 0 Å². The molecule has 0 amide bonds.